The van der Waals surface area contributed by atoms with E-state index >= 15 is 0 Å². The van der Waals surface area contributed by atoms with E-state index < -0.39 is 5.82 Å². The van der Waals surface area contributed by atoms with Gasteiger partial charge in [0.1, 0.15) is 5.82 Å². The maximum Gasteiger partial charge on any atom is 0.261 e. The Balaban J connectivity index is 2.05. The van der Waals surface area contributed by atoms with Crippen molar-refractivity contribution in [2.75, 3.05) is 0 Å². The molecule has 1 heterocycles. The lowest BCUT2D eigenvalue weighted by molar-refractivity contribution is 0.595. The van der Waals surface area contributed by atoms with E-state index in [-0.39, 0.29) is 17.7 Å². The third kappa shape index (κ3) is 2.39. The Morgan fingerprint density at radius 2 is 2.05 bits per heavy atom. The van der Waals surface area contributed by atoms with Gasteiger partial charge in [-0.05, 0) is 24.3 Å². The molecule has 0 amide bonds. The molecule has 21 heavy (non-hydrogen) atoms. The number of hydrogen-bond acceptors (Lipinski definition) is 3. The minimum atomic E-state index is -0.505. The van der Waals surface area contributed by atoms with Crippen molar-refractivity contribution in [3.63, 3.8) is 0 Å². The van der Waals surface area contributed by atoms with E-state index in [9.17, 15) is 9.18 Å². The van der Waals surface area contributed by atoms with Gasteiger partial charge in [-0.15, -0.1) is 0 Å². The Labute approximate surface area is 119 Å². The first kappa shape index (κ1) is 13.0. The van der Waals surface area contributed by atoms with Crippen molar-refractivity contribution in [3.05, 3.63) is 76.1 Å². The number of para-hydroxylation sites is 1. The van der Waals surface area contributed by atoms with Crippen LogP contribution < -0.4 is 5.56 Å². The number of nitriles is 1. The Bertz CT molecular complexity index is 925. The molecule has 0 aliphatic carbocycles. The first-order chi connectivity index (χ1) is 10.2. The predicted octanol–water partition coefficient (Wildman–Crippen LogP) is 2.46. The summed E-state index contributed by atoms with van der Waals surface area (Å²) in [6.45, 7) is 0.0776. The minimum Gasteiger partial charge on any atom is -0.294 e. The molecule has 0 radical (unpaired) electrons. The van der Waals surface area contributed by atoms with E-state index in [1.54, 1.807) is 24.3 Å². The normalized spacial score (nSPS) is 10.5. The zero-order chi connectivity index (χ0) is 14.8. The van der Waals surface area contributed by atoms with Crippen LogP contribution in [0.1, 0.15) is 11.1 Å². The fraction of sp³-hybridized carbons (Fsp3) is 0.0625. The molecule has 0 atom stereocenters. The lowest BCUT2D eigenvalue weighted by Gasteiger charge is -2.07. The van der Waals surface area contributed by atoms with Crippen LogP contribution in [-0.2, 0) is 6.54 Å². The van der Waals surface area contributed by atoms with Crippen molar-refractivity contribution in [2.45, 2.75) is 6.54 Å². The topological polar surface area (TPSA) is 58.7 Å². The quantitative estimate of drug-likeness (QED) is 0.724. The van der Waals surface area contributed by atoms with Gasteiger partial charge in [-0.25, -0.2) is 9.37 Å². The lowest BCUT2D eigenvalue weighted by Crippen LogP contribution is -2.21. The number of nitrogens with zero attached hydrogens (tertiary/aromatic N) is 3. The summed E-state index contributed by atoms with van der Waals surface area (Å²) < 4.78 is 15.2. The van der Waals surface area contributed by atoms with Crippen LogP contribution in [0.4, 0.5) is 4.39 Å². The van der Waals surface area contributed by atoms with Gasteiger partial charge in [0.2, 0.25) is 0 Å². The molecule has 5 heteroatoms. The van der Waals surface area contributed by atoms with Crippen molar-refractivity contribution >= 4 is 10.9 Å². The molecule has 0 fully saturated rings. The Kier molecular flexibility index (Phi) is 3.20. The zero-order valence-corrected chi connectivity index (χ0v) is 11.0. The van der Waals surface area contributed by atoms with Crippen molar-refractivity contribution in [1.29, 1.82) is 5.26 Å². The molecule has 0 spiro atoms. The Hall–Kier alpha value is -3.00. The van der Waals surface area contributed by atoms with Gasteiger partial charge in [0, 0.05) is 5.56 Å². The number of benzene rings is 2. The van der Waals surface area contributed by atoms with Gasteiger partial charge in [-0.1, -0.05) is 18.2 Å². The van der Waals surface area contributed by atoms with Crippen LogP contribution in [0, 0.1) is 17.1 Å². The van der Waals surface area contributed by atoms with Gasteiger partial charge in [-0.2, -0.15) is 5.26 Å². The van der Waals surface area contributed by atoms with E-state index in [1.165, 1.54) is 23.0 Å². The molecule has 3 rings (SSSR count). The molecule has 0 N–H and O–H groups in total. The van der Waals surface area contributed by atoms with Gasteiger partial charge in [0.05, 0.1) is 35.4 Å². The lowest BCUT2D eigenvalue weighted by atomic mass is 10.1. The molecule has 0 saturated heterocycles. The van der Waals surface area contributed by atoms with Crippen LogP contribution >= 0.6 is 0 Å². The monoisotopic (exact) mass is 279 g/mol. The minimum absolute atomic E-state index is 0.0776. The molecule has 102 valence electrons. The highest BCUT2D eigenvalue weighted by Gasteiger charge is 2.08. The molecule has 0 saturated carbocycles. The van der Waals surface area contributed by atoms with Crippen LogP contribution in [0.15, 0.2) is 53.6 Å². The highest BCUT2D eigenvalue weighted by atomic mass is 19.1. The van der Waals surface area contributed by atoms with E-state index in [4.69, 9.17) is 5.26 Å². The molecule has 0 aliphatic heterocycles. The summed E-state index contributed by atoms with van der Waals surface area (Å²) in [6, 6.07) is 13.1. The molecule has 0 aliphatic rings. The van der Waals surface area contributed by atoms with Crippen LogP contribution in [-0.4, -0.2) is 9.55 Å². The Morgan fingerprint density at radius 1 is 1.24 bits per heavy atom. The highest BCUT2D eigenvalue weighted by Crippen LogP contribution is 2.12. The molecule has 2 aromatic carbocycles. The summed E-state index contributed by atoms with van der Waals surface area (Å²) in [5.74, 6) is -0.505. The average molecular weight is 279 g/mol. The molecule has 0 bridgehead atoms. The van der Waals surface area contributed by atoms with Crippen molar-refractivity contribution < 1.29 is 4.39 Å². The van der Waals surface area contributed by atoms with Gasteiger partial charge in [-0.3, -0.25) is 9.36 Å². The second-order valence-electron chi connectivity index (χ2n) is 4.61. The smallest absolute Gasteiger partial charge is 0.261 e. The SMILES string of the molecule is N#Cc1ccc(Cn2cnc3ccccc3c2=O)c(F)c1. The standard InChI is InChI=1S/C16H10FN3O/c17-14-7-11(8-18)5-6-12(14)9-20-10-19-15-4-2-1-3-13(15)16(20)21/h1-7,10H,9H2. The number of fused-ring (bicyclic) bond motifs is 1. The van der Waals surface area contributed by atoms with Crippen LogP contribution in [0.5, 0.6) is 0 Å². The third-order valence-corrected chi connectivity index (χ3v) is 3.25. The second kappa shape index (κ2) is 5.17. The summed E-state index contributed by atoms with van der Waals surface area (Å²) in [7, 11) is 0. The molecular formula is C16H10FN3O. The zero-order valence-electron chi connectivity index (χ0n) is 11.0. The number of aromatic nitrogens is 2. The third-order valence-electron chi connectivity index (χ3n) is 3.25. The first-order valence-electron chi connectivity index (χ1n) is 6.32. The van der Waals surface area contributed by atoms with E-state index in [1.807, 2.05) is 6.07 Å². The Morgan fingerprint density at radius 3 is 2.81 bits per heavy atom. The molecular weight excluding hydrogens is 269 g/mol. The van der Waals surface area contributed by atoms with Crippen LogP contribution in [0.25, 0.3) is 10.9 Å². The fourth-order valence-corrected chi connectivity index (χ4v) is 2.15. The van der Waals surface area contributed by atoms with Crippen LogP contribution in [0.2, 0.25) is 0 Å². The van der Waals surface area contributed by atoms with Gasteiger partial charge < -0.3 is 0 Å². The van der Waals surface area contributed by atoms with Crippen LogP contribution in [0.3, 0.4) is 0 Å². The van der Waals surface area contributed by atoms with Crippen molar-refractivity contribution in [3.8, 4) is 6.07 Å². The van der Waals surface area contributed by atoms with Crippen molar-refractivity contribution in [2.24, 2.45) is 0 Å². The highest BCUT2D eigenvalue weighted by molar-refractivity contribution is 5.76. The summed E-state index contributed by atoms with van der Waals surface area (Å²) >= 11 is 0. The maximum absolute atomic E-state index is 13.9. The first-order valence-corrected chi connectivity index (χ1v) is 6.32. The van der Waals surface area contributed by atoms with E-state index in [0.717, 1.165) is 6.07 Å². The van der Waals surface area contributed by atoms with E-state index in [0.29, 0.717) is 16.5 Å². The molecule has 3 aromatic rings. The fourth-order valence-electron chi connectivity index (χ4n) is 2.15. The second-order valence-corrected chi connectivity index (χ2v) is 4.61. The number of hydrogen-bond donors (Lipinski definition) is 0. The number of halogens is 1. The molecule has 4 nitrogen and oxygen atoms in total. The average Bonchev–Trinajstić information content (AvgIpc) is 2.52. The summed E-state index contributed by atoms with van der Waals surface area (Å²) in [6.07, 6.45) is 1.41. The summed E-state index contributed by atoms with van der Waals surface area (Å²) in [4.78, 5) is 16.5. The predicted molar refractivity (Wildman–Crippen MR) is 76.2 cm³/mol. The maximum atomic E-state index is 13.9. The summed E-state index contributed by atoms with van der Waals surface area (Å²) in [5, 5.41) is 9.22. The van der Waals surface area contributed by atoms with Gasteiger partial charge in [0.25, 0.3) is 5.56 Å². The molecule has 0 unspecified atom stereocenters. The van der Waals surface area contributed by atoms with E-state index in [2.05, 4.69) is 4.98 Å². The van der Waals surface area contributed by atoms with Crippen molar-refractivity contribution in [1.82, 2.24) is 9.55 Å². The van der Waals surface area contributed by atoms with Gasteiger partial charge in [0.15, 0.2) is 0 Å². The summed E-state index contributed by atoms with van der Waals surface area (Å²) in [5.41, 5.74) is 0.983. The largest absolute Gasteiger partial charge is 0.294 e. The van der Waals surface area contributed by atoms with Gasteiger partial charge >= 0.3 is 0 Å². The molecule has 1 aromatic heterocycles. The number of rotatable bonds is 2.